The third-order valence-corrected chi connectivity index (χ3v) is 3.86. The molecule has 2 aromatic rings. The Hall–Kier alpha value is -2.16. The number of aryl methyl sites for hydroxylation is 1. The largest absolute Gasteiger partial charge is 0.481 e. The first kappa shape index (κ1) is 15.2. The number of aromatic nitrogens is 3. The van der Waals surface area contributed by atoms with Crippen LogP contribution in [0.2, 0.25) is 0 Å². The topological polar surface area (TPSA) is 120 Å². The second-order valence-corrected chi connectivity index (χ2v) is 5.62. The standard InChI is InChI=1S/C12H16N4O4S/c1-2-5-15-9-8(21-11(13)14-9)10(19)16(12(15)20)6-3-4-7(17)18/h2-6H2,1H3,(H2,13,14)(H,17,18). The molecule has 0 saturated heterocycles. The average Bonchev–Trinajstić information content (AvgIpc) is 2.80. The van der Waals surface area contributed by atoms with E-state index in [1.165, 1.54) is 4.57 Å². The molecular weight excluding hydrogens is 296 g/mol. The zero-order valence-electron chi connectivity index (χ0n) is 11.5. The van der Waals surface area contributed by atoms with Gasteiger partial charge in [-0.1, -0.05) is 18.3 Å². The SMILES string of the molecule is CCCn1c(=O)n(CCCC(=O)O)c(=O)c2sc(N)nc21. The van der Waals surface area contributed by atoms with Gasteiger partial charge in [0.1, 0.15) is 4.70 Å². The number of hydrogen-bond acceptors (Lipinski definition) is 6. The molecule has 0 spiro atoms. The van der Waals surface area contributed by atoms with Gasteiger partial charge >= 0.3 is 11.7 Å². The van der Waals surface area contributed by atoms with Crippen LogP contribution in [0, 0.1) is 0 Å². The number of nitrogen functional groups attached to an aromatic ring is 1. The normalized spacial score (nSPS) is 11.1. The van der Waals surface area contributed by atoms with Gasteiger partial charge in [0.2, 0.25) is 0 Å². The van der Waals surface area contributed by atoms with Crippen LogP contribution in [0.15, 0.2) is 9.59 Å². The van der Waals surface area contributed by atoms with Gasteiger partial charge in [-0.15, -0.1) is 0 Å². The number of carboxylic acids is 1. The van der Waals surface area contributed by atoms with E-state index < -0.39 is 17.2 Å². The van der Waals surface area contributed by atoms with Gasteiger partial charge < -0.3 is 10.8 Å². The summed E-state index contributed by atoms with van der Waals surface area (Å²) in [6.45, 7) is 2.41. The van der Waals surface area contributed by atoms with Gasteiger partial charge in [-0.05, 0) is 12.8 Å². The minimum Gasteiger partial charge on any atom is -0.481 e. The Balaban J connectivity index is 2.56. The number of hydrogen-bond donors (Lipinski definition) is 2. The second kappa shape index (κ2) is 6.08. The summed E-state index contributed by atoms with van der Waals surface area (Å²) in [4.78, 5) is 39.3. The quantitative estimate of drug-likeness (QED) is 0.800. The fourth-order valence-electron chi connectivity index (χ4n) is 2.11. The molecule has 0 atom stereocenters. The van der Waals surface area contributed by atoms with Crippen molar-refractivity contribution in [2.24, 2.45) is 0 Å². The number of aliphatic carboxylic acids is 1. The lowest BCUT2D eigenvalue weighted by atomic mass is 10.3. The van der Waals surface area contributed by atoms with Crippen LogP contribution < -0.4 is 17.0 Å². The number of thiazole rings is 1. The maximum Gasteiger partial charge on any atom is 0.332 e. The number of carbonyl (C=O) groups is 1. The van der Waals surface area contributed by atoms with Crippen molar-refractivity contribution in [1.29, 1.82) is 0 Å². The molecule has 114 valence electrons. The van der Waals surface area contributed by atoms with E-state index in [9.17, 15) is 14.4 Å². The van der Waals surface area contributed by atoms with Crippen molar-refractivity contribution in [3.8, 4) is 0 Å². The Bertz CT molecular complexity index is 789. The van der Waals surface area contributed by atoms with Crippen molar-refractivity contribution in [3.05, 3.63) is 20.8 Å². The van der Waals surface area contributed by atoms with Crippen molar-refractivity contribution in [1.82, 2.24) is 14.1 Å². The van der Waals surface area contributed by atoms with E-state index in [-0.39, 0.29) is 24.5 Å². The first-order valence-corrected chi connectivity index (χ1v) is 7.38. The minimum absolute atomic E-state index is 0.0709. The van der Waals surface area contributed by atoms with Gasteiger partial charge in [-0.25, -0.2) is 9.78 Å². The molecule has 2 aromatic heterocycles. The average molecular weight is 312 g/mol. The molecule has 0 aromatic carbocycles. The van der Waals surface area contributed by atoms with E-state index >= 15 is 0 Å². The van der Waals surface area contributed by atoms with Crippen LogP contribution in [0.5, 0.6) is 0 Å². The van der Waals surface area contributed by atoms with E-state index in [2.05, 4.69) is 4.98 Å². The minimum atomic E-state index is -0.958. The van der Waals surface area contributed by atoms with Crippen LogP contribution in [-0.4, -0.2) is 25.2 Å². The molecule has 8 nitrogen and oxygen atoms in total. The molecule has 0 aliphatic rings. The van der Waals surface area contributed by atoms with Crippen molar-refractivity contribution in [2.45, 2.75) is 39.3 Å². The monoisotopic (exact) mass is 312 g/mol. The van der Waals surface area contributed by atoms with Gasteiger partial charge in [-0.3, -0.25) is 18.7 Å². The molecule has 2 heterocycles. The summed E-state index contributed by atoms with van der Waals surface area (Å²) in [6, 6.07) is 0. The van der Waals surface area contributed by atoms with Gasteiger partial charge in [0.25, 0.3) is 5.56 Å². The van der Waals surface area contributed by atoms with Crippen LogP contribution in [0.4, 0.5) is 5.13 Å². The lowest BCUT2D eigenvalue weighted by Gasteiger charge is -2.09. The highest BCUT2D eigenvalue weighted by molar-refractivity contribution is 7.21. The molecule has 0 aliphatic heterocycles. The lowest BCUT2D eigenvalue weighted by molar-refractivity contribution is -0.137. The fourth-order valence-corrected chi connectivity index (χ4v) is 2.89. The van der Waals surface area contributed by atoms with Gasteiger partial charge in [0.15, 0.2) is 10.8 Å². The van der Waals surface area contributed by atoms with E-state index in [1.54, 1.807) is 0 Å². The summed E-state index contributed by atoms with van der Waals surface area (Å²) in [7, 11) is 0. The third-order valence-electron chi connectivity index (χ3n) is 3.00. The molecule has 21 heavy (non-hydrogen) atoms. The van der Waals surface area contributed by atoms with E-state index in [0.717, 1.165) is 15.9 Å². The van der Waals surface area contributed by atoms with Crippen LogP contribution in [0.3, 0.4) is 0 Å². The number of rotatable bonds is 6. The molecule has 0 amide bonds. The van der Waals surface area contributed by atoms with E-state index in [0.29, 0.717) is 23.3 Å². The highest BCUT2D eigenvalue weighted by atomic mass is 32.1. The number of fused-ring (bicyclic) bond motifs is 1. The molecule has 0 unspecified atom stereocenters. The Kier molecular flexibility index (Phi) is 4.41. The predicted octanol–water partition coefficient (Wildman–Crippen LogP) is 0.477. The molecule has 0 bridgehead atoms. The van der Waals surface area contributed by atoms with Crippen LogP contribution >= 0.6 is 11.3 Å². The van der Waals surface area contributed by atoms with Crippen LogP contribution in [0.1, 0.15) is 26.2 Å². The fraction of sp³-hybridized carbons (Fsp3) is 0.500. The maximum absolute atomic E-state index is 12.4. The first-order valence-electron chi connectivity index (χ1n) is 6.57. The molecule has 0 saturated carbocycles. The number of nitrogens with zero attached hydrogens (tertiary/aromatic N) is 3. The predicted molar refractivity (Wildman–Crippen MR) is 79.7 cm³/mol. The van der Waals surface area contributed by atoms with Gasteiger partial charge in [0, 0.05) is 19.5 Å². The summed E-state index contributed by atoms with van der Waals surface area (Å²) in [5.41, 5.74) is 5.02. The van der Waals surface area contributed by atoms with Crippen molar-refractivity contribution in [3.63, 3.8) is 0 Å². The van der Waals surface area contributed by atoms with Gasteiger partial charge in [0.05, 0.1) is 0 Å². The zero-order chi connectivity index (χ0) is 15.6. The molecule has 0 fully saturated rings. The van der Waals surface area contributed by atoms with Crippen molar-refractivity contribution < 1.29 is 9.90 Å². The van der Waals surface area contributed by atoms with Gasteiger partial charge in [-0.2, -0.15) is 0 Å². The van der Waals surface area contributed by atoms with E-state index in [1.807, 2.05) is 6.92 Å². The van der Waals surface area contributed by atoms with Crippen molar-refractivity contribution in [2.75, 3.05) is 5.73 Å². The summed E-state index contributed by atoms with van der Waals surface area (Å²) in [5, 5.41) is 8.88. The highest BCUT2D eigenvalue weighted by Gasteiger charge is 2.16. The number of nitrogens with two attached hydrogens (primary N) is 1. The summed E-state index contributed by atoms with van der Waals surface area (Å²) in [6.07, 6.45) is 0.832. The second-order valence-electron chi connectivity index (χ2n) is 4.59. The highest BCUT2D eigenvalue weighted by Crippen LogP contribution is 2.19. The molecule has 9 heteroatoms. The van der Waals surface area contributed by atoms with Crippen LogP contribution in [-0.2, 0) is 17.9 Å². The lowest BCUT2D eigenvalue weighted by Crippen LogP contribution is -2.40. The molecule has 0 aliphatic carbocycles. The summed E-state index contributed by atoms with van der Waals surface area (Å²) in [5.74, 6) is -0.958. The molecular formula is C12H16N4O4S. The summed E-state index contributed by atoms with van der Waals surface area (Å²) >= 11 is 1.04. The first-order chi connectivity index (χ1) is 9.95. The number of carboxylic acid groups (broad SMARTS) is 1. The Morgan fingerprint density at radius 2 is 2.05 bits per heavy atom. The molecule has 2 rings (SSSR count). The maximum atomic E-state index is 12.4. The Morgan fingerprint density at radius 3 is 2.67 bits per heavy atom. The van der Waals surface area contributed by atoms with E-state index in [4.69, 9.17) is 10.8 Å². The zero-order valence-corrected chi connectivity index (χ0v) is 12.4. The van der Waals surface area contributed by atoms with Crippen LogP contribution in [0.25, 0.3) is 10.3 Å². The van der Waals surface area contributed by atoms with Crippen molar-refractivity contribution >= 4 is 32.8 Å². The Morgan fingerprint density at radius 1 is 1.33 bits per heavy atom. The molecule has 0 radical (unpaired) electrons. The molecule has 3 N–H and O–H groups in total. The Labute approximate surface area is 123 Å². The smallest absolute Gasteiger partial charge is 0.332 e. The summed E-state index contributed by atoms with van der Waals surface area (Å²) < 4.78 is 2.82. The third kappa shape index (κ3) is 2.97. The number of anilines is 1.